The summed E-state index contributed by atoms with van der Waals surface area (Å²) in [5, 5.41) is 7.17. The van der Waals surface area contributed by atoms with Gasteiger partial charge >= 0.3 is 0 Å². The van der Waals surface area contributed by atoms with Crippen molar-refractivity contribution in [1.29, 1.82) is 0 Å². The maximum Gasteiger partial charge on any atom is 0.226 e. The summed E-state index contributed by atoms with van der Waals surface area (Å²) in [6.07, 6.45) is 2.70. The van der Waals surface area contributed by atoms with E-state index in [1.165, 1.54) is 0 Å². The van der Waals surface area contributed by atoms with Gasteiger partial charge in [0, 0.05) is 5.02 Å². The number of carbonyl (C=O) groups excluding carboxylic acids is 1. The van der Waals surface area contributed by atoms with E-state index in [0.29, 0.717) is 5.02 Å². The zero-order valence-electron chi connectivity index (χ0n) is 12.2. The third-order valence-electron chi connectivity index (χ3n) is 4.44. The molecule has 1 saturated heterocycles. The number of rotatable bonds is 4. The molecule has 1 atom stereocenters. The fourth-order valence-corrected chi connectivity index (χ4v) is 3.20. The van der Waals surface area contributed by atoms with Crippen molar-refractivity contribution in [3.63, 3.8) is 0 Å². The maximum atomic E-state index is 12.7. The highest BCUT2D eigenvalue weighted by Gasteiger charge is 2.38. The van der Waals surface area contributed by atoms with Crippen molar-refractivity contribution in [2.45, 2.75) is 39.2 Å². The Morgan fingerprint density at radius 3 is 2.65 bits per heavy atom. The topological polar surface area (TPSA) is 41.1 Å². The third kappa shape index (κ3) is 3.15. The molecule has 3 nitrogen and oxygen atoms in total. The van der Waals surface area contributed by atoms with Gasteiger partial charge in [0.25, 0.3) is 0 Å². The Labute approximate surface area is 126 Å². The molecule has 0 spiro atoms. The predicted octanol–water partition coefficient (Wildman–Crippen LogP) is 3.30. The second-order valence-electron chi connectivity index (χ2n) is 5.60. The molecule has 20 heavy (non-hydrogen) atoms. The molecule has 1 aliphatic heterocycles. The second-order valence-corrected chi connectivity index (χ2v) is 6.01. The van der Waals surface area contributed by atoms with E-state index in [2.05, 4.69) is 17.6 Å². The number of hydrogen-bond acceptors (Lipinski definition) is 2. The van der Waals surface area contributed by atoms with E-state index in [4.69, 9.17) is 11.6 Å². The van der Waals surface area contributed by atoms with E-state index >= 15 is 0 Å². The van der Waals surface area contributed by atoms with Crippen LogP contribution < -0.4 is 10.6 Å². The lowest BCUT2D eigenvalue weighted by atomic mass is 9.75. The van der Waals surface area contributed by atoms with Gasteiger partial charge in [-0.1, -0.05) is 36.7 Å². The van der Waals surface area contributed by atoms with Crippen LogP contribution in [0.2, 0.25) is 5.02 Å². The Morgan fingerprint density at radius 2 is 2.05 bits per heavy atom. The Morgan fingerprint density at radius 1 is 1.40 bits per heavy atom. The number of nitrogens with one attached hydrogen (secondary N) is 2. The lowest BCUT2D eigenvalue weighted by Gasteiger charge is -2.36. The number of carbonyl (C=O) groups is 1. The second kappa shape index (κ2) is 6.59. The summed E-state index contributed by atoms with van der Waals surface area (Å²) in [5.41, 5.74) is 0.753. The van der Waals surface area contributed by atoms with Crippen LogP contribution in [0.15, 0.2) is 24.3 Å². The summed E-state index contributed by atoms with van der Waals surface area (Å²) in [4.78, 5) is 12.7. The lowest BCUT2D eigenvalue weighted by Crippen LogP contribution is -2.47. The SMILES string of the molecule is CCC1(C(=O)NC(C)c2ccccc2Cl)CCNCC1. The average Bonchev–Trinajstić information content (AvgIpc) is 2.48. The van der Waals surface area contributed by atoms with Gasteiger partial charge in [0.05, 0.1) is 11.5 Å². The minimum Gasteiger partial charge on any atom is -0.349 e. The number of benzene rings is 1. The molecule has 0 aliphatic carbocycles. The number of amides is 1. The molecule has 110 valence electrons. The maximum absolute atomic E-state index is 12.7. The molecule has 4 heteroatoms. The van der Waals surface area contributed by atoms with Gasteiger partial charge in [-0.15, -0.1) is 0 Å². The van der Waals surface area contributed by atoms with E-state index in [-0.39, 0.29) is 17.4 Å². The number of hydrogen-bond donors (Lipinski definition) is 2. The van der Waals surface area contributed by atoms with Gasteiger partial charge in [-0.05, 0) is 50.9 Å². The van der Waals surface area contributed by atoms with Crippen molar-refractivity contribution in [3.8, 4) is 0 Å². The van der Waals surface area contributed by atoms with E-state index in [9.17, 15) is 4.79 Å². The molecule has 1 aliphatic rings. The average molecular weight is 295 g/mol. The summed E-state index contributed by atoms with van der Waals surface area (Å²) in [6.45, 7) is 5.93. The van der Waals surface area contributed by atoms with Crippen molar-refractivity contribution in [2.24, 2.45) is 5.41 Å². The van der Waals surface area contributed by atoms with Crippen molar-refractivity contribution in [3.05, 3.63) is 34.9 Å². The first kappa shape index (κ1) is 15.3. The molecule has 1 heterocycles. The van der Waals surface area contributed by atoms with Gasteiger partial charge in [-0.2, -0.15) is 0 Å². The van der Waals surface area contributed by atoms with Crippen LogP contribution in [-0.2, 0) is 4.79 Å². The van der Waals surface area contributed by atoms with Gasteiger partial charge in [0.1, 0.15) is 0 Å². The lowest BCUT2D eigenvalue weighted by molar-refractivity contribution is -0.133. The van der Waals surface area contributed by atoms with Crippen LogP contribution in [0.1, 0.15) is 44.7 Å². The molecular weight excluding hydrogens is 272 g/mol. The largest absolute Gasteiger partial charge is 0.349 e. The Balaban J connectivity index is 2.08. The number of piperidine rings is 1. The van der Waals surface area contributed by atoms with Crippen molar-refractivity contribution in [2.75, 3.05) is 13.1 Å². The minimum atomic E-state index is -0.221. The molecule has 1 aromatic carbocycles. The fraction of sp³-hybridized carbons (Fsp3) is 0.562. The monoisotopic (exact) mass is 294 g/mol. The molecule has 2 rings (SSSR count). The standard InChI is InChI=1S/C16H23ClN2O/c1-3-16(8-10-18-11-9-16)15(20)19-12(2)13-6-4-5-7-14(13)17/h4-7,12,18H,3,8-11H2,1-2H3,(H,19,20). The zero-order valence-corrected chi connectivity index (χ0v) is 13.0. The quantitative estimate of drug-likeness (QED) is 0.894. The highest BCUT2D eigenvalue weighted by molar-refractivity contribution is 6.31. The van der Waals surface area contributed by atoms with Crippen molar-refractivity contribution < 1.29 is 4.79 Å². The van der Waals surface area contributed by atoms with Crippen LogP contribution >= 0.6 is 11.6 Å². The third-order valence-corrected chi connectivity index (χ3v) is 4.78. The van der Waals surface area contributed by atoms with Gasteiger partial charge in [-0.3, -0.25) is 4.79 Å². The molecule has 1 unspecified atom stereocenters. The smallest absolute Gasteiger partial charge is 0.226 e. The molecular formula is C16H23ClN2O. The molecule has 1 amide bonds. The van der Waals surface area contributed by atoms with Crippen LogP contribution in [0.25, 0.3) is 0 Å². The summed E-state index contributed by atoms with van der Waals surface area (Å²) >= 11 is 6.20. The first-order chi connectivity index (χ1) is 9.59. The van der Waals surface area contributed by atoms with Gasteiger partial charge in [-0.25, -0.2) is 0 Å². The summed E-state index contributed by atoms with van der Waals surface area (Å²) < 4.78 is 0. The molecule has 2 N–H and O–H groups in total. The van der Waals surface area contributed by atoms with E-state index in [1.807, 2.05) is 31.2 Å². The van der Waals surface area contributed by atoms with Crippen LogP contribution in [-0.4, -0.2) is 19.0 Å². The van der Waals surface area contributed by atoms with Gasteiger partial charge < -0.3 is 10.6 Å². The predicted molar refractivity (Wildman–Crippen MR) is 82.8 cm³/mol. The molecule has 0 bridgehead atoms. The summed E-state index contributed by atoms with van der Waals surface area (Å²) in [6, 6.07) is 7.62. The first-order valence-corrected chi connectivity index (χ1v) is 7.73. The highest BCUT2D eigenvalue weighted by atomic mass is 35.5. The Hall–Kier alpha value is -1.06. The van der Waals surface area contributed by atoms with Crippen LogP contribution in [0.4, 0.5) is 0 Å². The van der Waals surface area contributed by atoms with Gasteiger partial charge in [0.15, 0.2) is 0 Å². The summed E-state index contributed by atoms with van der Waals surface area (Å²) in [7, 11) is 0. The van der Waals surface area contributed by atoms with Gasteiger partial charge in [0.2, 0.25) is 5.91 Å². The van der Waals surface area contributed by atoms with Crippen LogP contribution in [0.5, 0.6) is 0 Å². The van der Waals surface area contributed by atoms with E-state index in [1.54, 1.807) is 0 Å². The molecule has 0 radical (unpaired) electrons. The Bertz CT molecular complexity index is 469. The summed E-state index contributed by atoms with van der Waals surface area (Å²) in [5.74, 6) is 0.161. The first-order valence-electron chi connectivity index (χ1n) is 7.35. The molecule has 0 aromatic heterocycles. The van der Waals surface area contributed by atoms with Crippen LogP contribution in [0, 0.1) is 5.41 Å². The molecule has 1 aromatic rings. The Kier molecular flexibility index (Phi) is 5.06. The normalized spacial score (nSPS) is 19.4. The van der Waals surface area contributed by atoms with Crippen LogP contribution in [0.3, 0.4) is 0 Å². The molecule has 1 fully saturated rings. The molecule has 0 saturated carbocycles. The van der Waals surface area contributed by atoms with Crippen molar-refractivity contribution >= 4 is 17.5 Å². The van der Waals surface area contributed by atoms with Crippen molar-refractivity contribution in [1.82, 2.24) is 10.6 Å². The van der Waals surface area contributed by atoms with E-state index in [0.717, 1.165) is 37.9 Å². The van der Waals surface area contributed by atoms with E-state index < -0.39 is 0 Å². The fourth-order valence-electron chi connectivity index (χ4n) is 2.90. The minimum absolute atomic E-state index is 0.0606. The number of halogens is 1. The highest BCUT2D eigenvalue weighted by Crippen LogP contribution is 2.34. The zero-order chi connectivity index (χ0) is 14.6.